The lowest BCUT2D eigenvalue weighted by Crippen LogP contribution is -2.30. The van der Waals surface area contributed by atoms with Crippen LogP contribution in [0.3, 0.4) is 0 Å². The number of aliphatic carboxylic acids is 1. The van der Waals surface area contributed by atoms with E-state index in [2.05, 4.69) is 4.90 Å². The highest BCUT2D eigenvalue weighted by atomic mass is 35.5. The lowest BCUT2D eigenvalue weighted by molar-refractivity contribution is -0.143. The number of hydrogen-bond acceptors (Lipinski definition) is 9. The minimum atomic E-state index is -0.812. The van der Waals surface area contributed by atoms with Crippen LogP contribution in [0.1, 0.15) is 37.3 Å². The Morgan fingerprint density at radius 3 is 1.80 bits per heavy atom. The Balaban J connectivity index is 1.29. The molecular formula is C32H43ClN6O6. The number of aliphatic hydroxyl groups is 2. The number of fused-ring (bicyclic) bond motifs is 2. The van der Waals surface area contributed by atoms with Crippen LogP contribution in [0.2, 0.25) is 0 Å². The second kappa shape index (κ2) is 16.4. The highest BCUT2D eigenvalue weighted by molar-refractivity contribution is 6.18. The van der Waals surface area contributed by atoms with Gasteiger partial charge in [0.15, 0.2) is 0 Å². The number of rotatable bonds is 19. The van der Waals surface area contributed by atoms with Gasteiger partial charge in [-0.1, -0.05) is 0 Å². The highest BCUT2D eigenvalue weighted by Crippen LogP contribution is 2.25. The number of ether oxygens (including phenoxy) is 1. The van der Waals surface area contributed by atoms with Crippen LogP contribution in [0, 0.1) is 0 Å². The summed E-state index contributed by atoms with van der Waals surface area (Å²) in [4.78, 5) is 36.9. The molecule has 45 heavy (non-hydrogen) atoms. The van der Waals surface area contributed by atoms with Gasteiger partial charge in [0.1, 0.15) is 18.3 Å². The third-order valence-electron chi connectivity index (χ3n) is 7.94. The molecule has 3 N–H and O–H groups in total. The number of aliphatic hydroxyl groups excluding tert-OH is 2. The Kier molecular flexibility index (Phi) is 12.4. The molecule has 0 spiro atoms. The van der Waals surface area contributed by atoms with E-state index in [1.807, 2.05) is 64.5 Å². The van der Waals surface area contributed by atoms with E-state index in [9.17, 15) is 19.8 Å². The number of hydrogen-bond donors (Lipinski definition) is 3. The van der Waals surface area contributed by atoms with Crippen LogP contribution in [0.5, 0.6) is 0 Å². The zero-order valence-corrected chi connectivity index (χ0v) is 26.7. The zero-order chi connectivity index (χ0) is 32.3. The fourth-order valence-electron chi connectivity index (χ4n) is 5.53. The first-order chi connectivity index (χ1) is 21.7. The maximum Gasteiger partial charge on any atom is 0.305 e. The molecule has 0 saturated heterocycles. The van der Waals surface area contributed by atoms with Crippen molar-refractivity contribution >= 4 is 57.0 Å². The summed E-state index contributed by atoms with van der Waals surface area (Å²) in [5, 5.41) is 27.7. The third kappa shape index (κ3) is 8.86. The Labute approximate surface area is 267 Å². The number of alkyl halides is 1. The highest BCUT2D eigenvalue weighted by Gasteiger charge is 2.15. The van der Waals surface area contributed by atoms with Gasteiger partial charge in [-0.3, -0.25) is 9.59 Å². The summed E-state index contributed by atoms with van der Waals surface area (Å²) in [6.45, 7) is 2.13. The zero-order valence-electron chi connectivity index (χ0n) is 26.0. The van der Waals surface area contributed by atoms with E-state index < -0.39 is 5.97 Å². The number of carboxylic acid groups (broad SMARTS) is 1. The van der Waals surface area contributed by atoms with Crippen LogP contribution in [-0.4, -0.2) is 98.2 Å². The van der Waals surface area contributed by atoms with Crippen LogP contribution in [-0.2, 0) is 41.3 Å². The fourth-order valence-corrected chi connectivity index (χ4v) is 5.73. The van der Waals surface area contributed by atoms with Crippen LogP contribution in [0.25, 0.3) is 22.1 Å². The summed E-state index contributed by atoms with van der Waals surface area (Å²) in [5.41, 5.74) is 5.40. The molecule has 0 saturated carbocycles. The summed E-state index contributed by atoms with van der Waals surface area (Å²) in [6, 6.07) is 11.9. The van der Waals surface area contributed by atoms with E-state index in [0.29, 0.717) is 57.7 Å². The SMILES string of the molecule is Cn1c(CCCC(=O)O)nc2cc(N(CCCl)CCOC(=O)CCCc3nc4cc(N(CCO)CCO)ccc4n3C)ccc21. The van der Waals surface area contributed by atoms with Crippen molar-refractivity contribution < 1.29 is 29.6 Å². The lowest BCUT2D eigenvalue weighted by Gasteiger charge is -2.23. The Hall–Kier alpha value is -3.87. The molecule has 0 bridgehead atoms. The van der Waals surface area contributed by atoms with Gasteiger partial charge in [0.05, 0.1) is 41.8 Å². The van der Waals surface area contributed by atoms with Gasteiger partial charge < -0.3 is 39.0 Å². The van der Waals surface area contributed by atoms with Crippen LogP contribution in [0.15, 0.2) is 36.4 Å². The minimum Gasteiger partial charge on any atom is -0.481 e. The molecule has 0 atom stereocenters. The predicted octanol–water partition coefficient (Wildman–Crippen LogP) is 3.27. The molecule has 2 aromatic heterocycles. The quantitative estimate of drug-likeness (QED) is 0.103. The topological polar surface area (TPSA) is 146 Å². The fraction of sp³-hybridized carbons (Fsp3) is 0.500. The monoisotopic (exact) mass is 642 g/mol. The molecule has 0 aliphatic carbocycles. The van der Waals surface area contributed by atoms with E-state index in [4.69, 9.17) is 31.4 Å². The minimum absolute atomic E-state index is 0.00710. The number of aryl methyl sites for hydroxylation is 4. The summed E-state index contributed by atoms with van der Waals surface area (Å²) in [5.74, 6) is 1.04. The molecule has 0 unspecified atom stereocenters. The average Bonchev–Trinajstić information content (AvgIpc) is 3.50. The number of halogens is 1. The van der Waals surface area contributed by atoms with Gasteiger partial charge in [0.2, 0.25) is 0 Å². The predicted molar refractivity (Wildman–Crippen MR) is 175 cm³/mol. The van der Waals surface area contributed by atoms with Gasteiger partial charge in [-0.25, -0.2) is 9.97 Å². The molecule has 0 radical (unpaired) electrons. The van der Waals surface area contributed by atoms with Gasteiger partial charge in [-0.15, -0.1) is 11.6 Å². The van der Waals surface area contributed by atoms with E-state index >= 15 is 0 Å². The first-order valence-corrected chi connectivity index (χ1v) is 15.8. The van der Waals surface area contributed by atoms with E-state index in [-0.39, 0.29) is 38.6 Å². The Morgan fingerprint density at radius 1 is 0.800 bits per heavy atom. The molecule has 13 heteroatoms. The van der Waals surface area contributed by atoms with Gasteiger partial charge in [0.25, 0.3) is 0 Å². The number of carboxylic acids is 1. The molecule has 4 rings (SSSR count). The smallest absolute Gasteiger partial charge is 0.305 e. The number of carbonyl (C=O) groups excluding carboxylic acids is 1. The number of anilines is 2. The Bertz CT molecular complexity index is 1580. The van der Waals surface area contributed by atoms with Crippen molar-refractivity contribution in [3.8, 4) is 0 Å². The second-order valence-electron chi connectivity index (χ2n) is 11.0. The van der Waals surface area contributed by atoms with Crippen LogP contribution >= 0.6 is 11.6 Å². The molecule has 2 heterocycles. The Morgan fingerprint density at radius 2 is 1.31 bits per heavy atom. The molecular weight excluding hydrogens is 600 g/mol. The number of aromatic nitrogens is 4. The molecule has 0 fully saturated rings. The number of imidazole rings is 2. The number of esters is 1. The summed E-state index contributed by atoms with van der Waals surface area (Å²) in [6.07, 6.45) is 2.71. The number of nitrogens with zero attached hydrogens (tertiary/aromatic N) is 6. The van der Waals surface area contributed by atoms with Gasteiger partial charge >= 0.3 is 11.9 Å². The van der Waals surface area contributed by atoms with Gasteiger partial charge in [-0.05, 0) is 49.2 Å². The molecule has 0 aliphatic heterocycles. The maximum atomic E-state index is 12.6. The number of benzene rings is 2. The molecule has 12 nitrogen and oxygen atoms in total. The normalized spacial score (nSPS) is 11.4. The van der Waals surface area contributed by atoms with Crippen molar-refractivity contribution in [3.63, 3.8) is 0 Å². The summed E-state index contributed by atoms with van der Waals surface area (Å²) >= 11 is 6.09. The van der Waals surface area contributed by atoms with Gasteiger partial charge in [0, 0.05) is 76.7 Å². The van der Waals surface area contributed by atoms with Crippen molar-refractivity contribution in [2.24, 2.45) is 14.1 Å². The van der Waals surface area contributed by atoms with Crippen molar-refractivity contribution in [1.82, 2.24) is 19.1 Å². The lowest BCUT2D eigenvalue weighted by atomic mass is 10.2. The molecule has 244 valence electrons. The average molecular weight is 643 g/mol. The molecule has 2 aromatic carbocycles. The van der Waals surface area contributed by atoms with E-state index in [1.165, 1.54) is 0 Å². The van der Waals surface area contributed by atoms with Crippen LogP contribution in [0.4, 0.5) is 11.4 Å². The van der Waals surface area contributed by atoms with Crippen molar-refractivity contribution in [2.45, 2.75) is 38.5 Å². The summed E-state index contributed by atoms with van der Waals surface area (Å²) in [7, 11) is 3.89. The molecule has 0 amide bonds. The third-order valence-corrected chi connectivity index (χ3v) is 8.10. The van der Waals surface area contributed by atoms with E-state index in [1.54, 1.807) is 0 Å². The molecule has 4 aromatic rings. The van der Waals surface area contributed by atoms with Crippen molar-refractivity contribution in [2.75, 3.05) is 61.7 Å². The van der Waals surface area contributed by atoms with E-state index in [0.717, 1.165) is 45.1 Å². The van der Waals surface area contributed by atoms with Crippen molar-refractivity contribution in [3.05, 3.63) is 48.0 Å². The standard InChI is InChI=1S/C32H43ClN6O6/c1-36-27-11-9-23(21-25(27)34-29(36)5-3-7-31(42)43)38(14-13-33)17-20-45-32(44)8-4-6-30-35-26-22-24(10-12-28(26)37(30)2)39(15-18-40)16-19-41/h9-12,21-22,40-41H,3-8,13-20H2,1-2H3,(H,42,43). The first-order valence-electron chi connectivity index (χ1n) is 15.3. The summed E-state index contributed by atoms with van der Waals surface area (Å²) < 4.78 is 9.58. The maximum absolute atomic E-state index is 12.6. The molecule has 0 aliphatic rings. The van der Waals surface area contributed by atoms with Crippen molar-refractivity contribution in [1.29, 1.82) is 0 Å². The number of carbonyl (C=O) groups is 2. The first kappa shape index (κ1) is 34.0. The van der Waals surface area contributed by atoms with Gasteiger partial charge in [-0.2, -0.15) is 0 Å². The second-order valence-corrected chi connectivity index (χ2v) is 11.3. The van der Waals surface area contributed by atoms with Crippen LogP contribution < -0.4 is 9.80 Å². The largest absolute Gasteiger partial charge is 0.481 e.